The van der Waals surface area contributed by atoms with E-state index < -0.39 is 11.5 Å². The Balaban J connectivity index is 1.63. The highest BCUT2D eigenvalue weighted by Crippen LogP contribution is 2.48. The number of nitrogens with zero attached hydrogens (tertiary/aromatic N) is 2. The molecule has 0 saturated carbocycles. The lowest BCUT2D eigenvalue weighted by molar-refractivity contribution is -0.134. The Morgan fingerprint density at radius 3 is 2.56 bits per heavy atom. The number of likely N-dealkylation sites (tertiary alicyclic amines) is 1. The summed E-state index contributed by atoms with van der Waals surface area (Å²) in [4.78, 5) is 29.2. The molecule has 1 aromatic rings. The van der Waals surface area contributed by atoms with E-state index in [-0.39, 0.29) is 18.5 Å². The SMILES string of the molecule is C=C1/C=C\C(OC)=C/CNC2=C1C1(CCN(C(=O)Nc3ccc(Cl)cc3)CC1)CN(C(C)=O)[C@H]2CO. The minimum absolute atomic E-state index is 0.0983. The average Bonchev–Trinajstić information content (AvgIpc) is 2.95. The fraction of sp³-hybridized carbons (Fsp3) is 0.407. The number of benzene rings is 1. The molecule has 4 rings (SSSR count). The highest BCUT2D eigenvalue weighted by molar-refractivity contribution is 6.30. The topological polar surface area (TPSA) is 94.1 Å². The number of piperidine rings is 1. The molecular formula is C27H33ClN4O4. The Morgan fingerprint density at radius 1 is 1.25 bits per heavy atom. The number of hydrogen-bond donors (Lipinski definition) is 3. The van der Waals surface area contributed by atoms with Crippen molar-refractivity contribution in [3.8, 4) is 0 Å². The van der Waals surface area contributed by atoms with Crippen molar-refractivity contribution < 1.29 is 19.4 Å². The van der Waals surface area contributed by atoms with Crippen LogP contribution in [0.15, 0.2) is 71.7 Å². The summed E-state index contributed by atoms with van der Waals surface area (Å²) in [5.74, 6) is 0.606. The number of ether oxygens (including phenoxy) is 1. The third-order valence-corrected chi connectivity index (χ3v) is 7.52. The lowest BCUT2D eigenvalue weighted by atomic mass is 9.66. The highest BCUT2D eigenvalue weighted by atomic mass is 35.5. The highest BCUT2D eigenvalue weighted by Gasteiger charge is 2.48. The quantitative estimate of drug-likeness (QED) is 0.574. The molecule has 192 valence electrons. The minimum Gasteiger partial charge on any atom is -0.497 e. The van der Waals surface area contributed by atoms with E-state index in [0.29, 0.717) is 55.5 Å². The van der Waals surface area contributed by atoms with Crippen molar-refractivity contribution in [3.05, 3.63) is 76.7 Å². The van der Waals surface area contributed by atoms with Gasteiger partial charge in [-0.3, -0.25) is 4.79 Å². The van der Waals surface area contributed by atoms with Crippen molar-refractivity contribution in [2.45, 2.75) is 25.8 Å². The fourth-order valence-corrected chi connectivity index (χ4v) is 5.52. The van der Waals surface area contributed by atoms with E-state index in [9.17, 15) is 14.7 Å². The zero-order valence-electron chi connectivity index (χ0n) is 20.7. The second-order valence-electron chi connectivity index (χ2n) is 9.39. The number of aliphatic hydroxyl groups excluding tert-OH is 1. The number of allylic oxidation sites excluding steroid dienone is 3. The van der Waals surface area contributed by atoms with Gasteiger partial charge in [-0.25, -0.2) is 4.79 Å². The van der Waals surface area contributed by atoms with Gasteiger partial charge in [-0.15, -0.1) is 0 Å². The minimum atomic E-state index is -0.489. The van der Waals surface area contributed by atoms with Crippen molar-refractivity contribution >= 4 is 29.2 Å². The molecule has 3 aliphatic heterocycles. The van der Waals surface area contributed by atoms with E-state index in [1.54, 1.807) is 41.2 Å². The molecule has 0 aromatic heterocycles. The largest absolute Gasteiger partial charge is 0.497 e. The number of urea groups is 1. The van der Waals surface area contributed by atoms with Crippen molar-refractivity contribution in [1.82, 2.24) is 15.1 Å². The first kappa shape index (κ1) is 25.9. The summed E-state index contributed by atoms with van der Waals surface area (Å²) in [5.41, 5.74) is 2.90. The van der Waals surface area contributed by atoms with Crippen molar-refractivity contribution in [3.63, 3.8) is 0 Å². The molecule has 3 N–H and O–H groups in total. The van der Waals surface area contributed by atoms with Crippen LogP contribution in [0.3, 0.4) is 0 Å². The van der Waals surface area contributed by atoms with Gasteiger partial charge in [0.15, 0.2) is 0 Å². The molecule has 0 bridgehead atoms. The second-order valence-corrected chi connectivity index (χ2v) is 9.82. The van der Waals surface area contributed by atoms with Gasteiger partial charge in [0.25, 0.3) is 0 Å². The van der Waals surface area contributed by atoms with Gasteiger partial charge < -0.3 is 30.3 Å². The van der Waals surface area contributed by atoms with Crippen molar-refractivity contribution in [2.24, 2.45) is 5.41 Å². The molecule has 3 heterocycles. The van der Waals surface area contributed by atoms with Crippen LogP contribution < -0.4 is 10.6 Å². The molecule has 1 atom stereocenters. The van der Waals surface area contributed by atoms with Crippen LogP contribution in [0, 0.1) is 5.41 Å². The number of fused-ring (bicyclic) bond motifs is 1. The van der Waals surface area contributed by atoms with Gasteiger partial charge in [-0.1, -0.05) is 24.3 Å². The zero-order chi connectivity index (χ0) is 25.9. The maximum absolute atomic E-state index is 13.0. The predicted molar refractivity (Wildman–Crippen MR) is 140 cm³/mol. The van der Waals surface area contributed by atoms with Gasteiger partial charge in [-0.05, 0) is 60.4 Å². The monoisotopic (exact) mass is 512 g/mol. The van der Waals surface area contributed by atoms with E-state index in [1.165, 1.54) is 6.92 Å². The van der Waals surface area contributed by atoms with E-state index in [2.05, 4.69) is 17.2 Å². The molecule has 8 nitrogen and oxygen atoms in total. The van der Waals surface area contributed by atoms with Crippen LogP contribution >= 0.6 is 11.6 Å². The number of nitrogens with one attached hydrogen (secondary N) is 2. The van der Waals surface area contributed by atoms with Crippen molar-refractivity contribution in [2.75, 3.05) is 45.2 Å². The third kappa shape index (κ3) is 5.15. The van der Waals surface area contributed by atoms with Crippen LogP contribution in [-0.4, -0.2) is 72.8 Å². The number of anilines is 1. The van der Waals surface area contributed by atoms with Gasteiger partial charge in [0.2, 0.25) is 5.91 Å². The van der Waals surface area contributed by atoms with Crippen LogP contribution in [0.2, 0.25) is 5.02 Å². The van der Waals surface area contributed by atoms with E-state index in [0.717, 1.165) is 16.8 Å². The molecule has 3 aliphatic rings. The summed E-state index contributed by atoms with van der Waals surface area (Å²) < 4.78 is 5.43. The van der Waals surface area contributed by atoms with E-state index in [1.807, 2.05) is 18.2 Å². The Morgan fingerprint density at radius 2 is 1.94 bits per heavy atom. The molecule has 36 heavy (non-hydrogen) atoms. The van der Waals surface area contributed by atoms with Gasteiger partial charge >= 0.3 is 6.03 Å². The zero-order valence-corrected chi connectivity index (χ0v) is 21.5. The fourth-order valence-electron chi connectivity index (χ4n) is 5.39. The molecule has 1 saturated heterocycles. The summed E-state index contributed by atoms with van der Waals surface area (Å²) in [6.45, 7) is 7.66. The maximum Gasteiger partial charge on any atom is 0.321 e. The Labute approximate surface area is 216 Å². The maximum atomic E-state index is 13.0. The number of methoxy groups -OCH3 is 1. The third-order valence-electron chi connectivity index (χ3n) is 7.26. The van der Waals surface area contributed by atoms with Crippen LogP contribution in [0.25, 0.3) is 0 Å². The molecule has 1 aromatic carbocycles. The second kappa shape index (κ2) is 10.8. The summed E-state index contributed by atoms with van der Waals surface area (Å²) in [7, 11) is 1.62. The van der Waals surface area contributed by atoms with Gasteiger partial charge in [0, 0.05) is 54.9 Å². The first-order valence-electron chi connectivity index (χ1n) is 12.1. The Hall–Kier alpha value is -3.23. The Bertz CT molecular complexity index is 1120. The molecule has 1 fully saturated rings. The molecule has 0 unspecified atom stereocenters. The van der Waals surface area contributed by atoms with Crippen molar-refractivity contribution in [1.29, 1.82) is 0 Å². The standard InChI is InChI=1S/C27H33ClN4O4/c1-18-4-9-22(36-3)10-13-29-25-23(16-33)32(19(2)34)17-27(24(18)25)11-14-31(15-12-27)26(35)30-21-7-5-20(28)6-8-21/h4-10,23,29,33H,1,11-17H2,2-3H3,(H,30,35)/b9-4-,22-10+/t23-/m0/s1. The van der Waals surface area contributed by atoms with Gasteiger partial charge in [0.1, 0.15) is 5.76 Å². The van der Waals surface area contributed by atoms with Crippen LogP contribution in [0.5, 0.6) is 0 Å². The number of halogens is 1. The van der Waals surface area contributed by atoms with Gasteiger partial charge in [-0.2, -0.15) is 0 Å². The number of hydrogen-bond acceptors (Lipinski definition) is 5. The first-order valence-corrected chi connectivity index (χ1v) is 12.5. The lowest BCUT2D eigenvalue weighted by Gasteiger charge is -2.52. The summed E-state index contributed by atoms with van der Waals surface area (Å²) >= 11 is 5.95. The normalized spacial score (nSPS) is 23.9. The van der Waals surface area contributed by atoms with Crippen LogP contribution in [-0.2, 0) is 9.53 Å². The molecule has 9 heteroatoms. The smallest absolute Gasteiger partial charge is 0.321 e. The average molecular weight is 513 g/mol. The summed E-state index contributed by atoms with van der Waals surface area (Å²) in [6.07, 6.45) is 7.03. The first-order chi connectivity index (χ1) is 17.3. The van der Waals surface area contributed by atoms with Crippen LogP contribution in [0.4, 0.5) is 10.5 Å². The summed E-state index contributed by atoms with van der Waals surface area (Å²) in [5, 5.41) is 17.3. The number of carbonyl (C=O) groups is 2. The van der Waals surface area contributed by atoms with E-state index >= 15 is 0 Å². The molecular weight excluding hydrogens is 480 g/mol. The molecule has 0 radical (unpaired) electrons. The number of carbonyl (C=O) groups excluding carboxylic acids is 2. The molecule has 0 aliphatic carbocycles. The number of aliphatic hydroxyl groups is 1. The summed E-state index contributed by atoms with van der Waals surface area (Å²) in [6, 6.07) is 6.35. The number of amides is 3. The predicted octanol–water partition coefficient (Wildman–Crippen LogP) is 3.68. The number of rotatable bonds is 3. The molecule has 1 spiro atoms. The Kier molecular flexibility index (Phi) is 7.76. The van der Waals surface area contributed by atoms with Crippen LogP contribution in [0.1, 0.15) is 19.8 Å². The molecule has 3 amide bonds. The lowest BCUT2D eigenvalue weighted by Crippen LogP contribution is -2.59. The van der Waals surface area contributed by atoms with Gasteiger partial charge in [0.05, 0.1) is 19.8 Å². The van der Waals surface area contributed by atoms with E-state index in [4.69, 9.17) is 16.3 Å².